The van der Waals surface area contributed by atoms with Crippen molar-refractivity contribution in [3.8, 4) is 0 Å². The van der Waals surface area contributed by atoms with Gasteiger partial charge >= 0.3 is 6.18 Å². The molecule has 0 aromatic heterocycles. The van der Waals surface area contributed by atoms with E-state index < -0.39 is 31.0 Å². The van der Waals surface area contributed by atoms with Gasteiger partial charge in [-0.3, -0.25) is 9.80 Å². The molecule has 3 N–H and O–H groups in total. The van der Waals surface area contributed by atoms with Crippen LogP contribution in [0.2, 0.25) is 0 Å². The lowest BCUT2D eigenvalue weighted by atomic mass is 9.94. The summed E-state index contributed by atoms with van der Waals surface area (Å²) in [5.74, 6) is 0.268. The maximum Gasteiger partial charge on any atom is 0.401 e. The standard InChI is InChI=1S/C13H23F3N2O3/c14-13(15,16)8-17-3-1-9(2-4-17)5-18-6-10(19)12(21)11(20)7-18/h9-12,19-21H,1-8H2/t10-,11+,12?. The molecule has 5 nitrogen and oxygen atoms in total. The van der Waals surface area contributed by atoms with Crippen LogP contribution in [0.3, 0.4) is 0 Å². The second kappa shape index (κ2) is 6.78. The Bertz CT molecular complexity index is 323. The van der Waals surface area contributed by atoms with E-state index >= 15 is 0 Å². The average molecular weight is 312 g/mol. The quantitative estimate of drug-likeness (QED) is 0.665. The molecule has 2 rings (SSSR count). The summed E-state index contributed by atoms with van der Waals surface area (Å²) in [6.45, 7) is 1.22. The van der Waals surface area contributed by atoms with Crippen molar-refractivity contribution in [2.45, 2.75) is 37.3 Å². The zero-order valence-corrected chi connectivity index (χ0v) is 11.8. The number of aliphatic hydroxyl groups is 3. The van der Waals surface area contributed by atoms with Crippen LogP contribution >= 0.6 is 0 Å². The monoisotopic (exact) mass is 312 g/mol. The van der Waals surface area contributed by atoms with Crippen LogP contribution in [0.5, 0.6) is 0 Å². The Morgan fingerprint density at radius 2 is 1.43 bits per heavy atom. The van der Waals surface area contributed by atoms with Crippen molar-refractivity contribution >= 4 is 0 Å². The molecule has 2 heterocycles. The molecule has 0 bridgehead atoms. The fraction of sp³-hybridized carbons (Fsp3) is 1.00. The van der Waals surface area contributed by atoms with Gasteiger partial charge in [-0.25, -0.2) is 0 Å². The summed E-state index contributed by atoms with van der Waals surface area (Å²) in [4.78, 5) is 3.30. The van der Waals surface area contributed by atoms with Crippen molar-refractivity contribution in [2.75, 3.05) is 39.3 Å². The van der Waals surface area contributed by atoms with Crippen LogP contribution in [0.1, 0.15) is 12.8 Å². The lowest BCUT2D eigenvalue weighted by Gasteiger charge is -2.40. The van der Waals surface area contributed by atoms with E-state index in [4.69, 9.17) is 0 Å². The van der Waals surface area contributed by atoms with Crippen LogP contribution in [0.15, 0.2) is 0 Å². The lowest BCUT2D eigenvalue weighted by molar-refractivity contribution is -0.149. The number of piperidine rings is 2. The second-order valence-electron chi connectivity index (χ2n) is 6.18. The number of hydrogen-bond donors (Lipinski definition) is 3. The zero-order chi connectivity index (χ0) is 15.6. The minimum atomic E-state index is -4.15. The highest BCUT2D eigenvalue weighted by molar-refractivity contribution is 4.88. The van der Waals surface area contributed by atoms with Crippen molar-refractivity contribution < 1.29 is 28.5 Å². The van der Waals surface area contributed by atoms with Crippen LogP contribution in [-0.4, -0.2) is 88.9 Å². The fourth-order valence-electron chi connectivity index (χ4n) is 3.17. The molecule has 0 aromatic rings. The number of β-amino-alcohol motifs (C(OH)–C–C–N with tert-alkyl or cyclic N) is 2. The first-order valence-corrected chi connectivity index (χ1v) is 7.30. The number of rotatable bonds is 3. The first-order chi connectivity index (χ1) is 9.74. The summed E-state index contributed by atoms with van der Waals surface area (Å²) in [6, 6.07) is 0. The Morgan fingerprint density at radius 1 is 0.905 bits per heavy atom. The molecule has 2 aliphatic rings. The number of alkyl halides is 3. The third kappa shape index (κ3) is 5.07. The van der Waals surface area contributed by atoms with Crippen molar-refractivity contribution in [1.29, 1.82) is 0 Å². The second-order valence-corrected chi connectivity index (χ2v) is 6.18. The van der Waals surface area contributed by atoms with E-state index in [2.05, 4.69) is 0 Å². The predicted octanol–water partition coefficient (Wildman–Crippen LogP) is -0.341. The largest absolute Gasteiger partial charge is 0.401 e. The molecule has 0 amide bonds. The molecule has 0 saturated carbocycles. The van der Waals surface area contributed by atoms with Gasteiger partial charge in [0.25, 0.3) is 0 Å². The molecule has 0 aromatic carbocycles. The van der Waals surface area contributed by atoms with Crippen LogP contribution in [0.25, 0.3) is 0 Å². The summed E-state index contributed by atoms with van der Waals surface area (Å²) < 4.78 is 36.9. The normalized spacial score (nSPS) is 34.3. The summed E-state index contributed by atoms with van der Waals surface area (Å²) in [5, 5.41) is 28.7. The summed E-state index contributed by atoms with van der Waals surface area (Å²) in [7, 11) is 0. The van der Waals surface area contributed by atoms with Crippen LogP contribution in [0, 0.1) is 5.92 Å². The first-order valence-electron chi connectivity index (χ1n) is 7.30. The molecule has 2 fully saturated rings. The Kier molecular flexibility index (Phi) is 5.48. The van der Waals surface area contributed by atoms with Crippen LogP contribution in [-0.2, 0) is 0 Å². The van der Waals surface area contributed by atoms with Gasteiger partial charge in [0.15, 0.2) is 0 Å². The maximum atomic E-state index is 12.3. The molecule has 1 unspecified atom stereocenters. The Hall–Kier alpha value is -0.410. The van der Waals surface area contributed by atoms with Crippen molar-refractivity contribution in [1.82, 2.24) is 9.80 Å². The number of aliphatic hydroxyl groups excluding tert-OH is 3. The zero-order valence-electron chi connectivity index (χ0n) is 11.8. The van der Waals surface area contributed by atoms with Gasteiger partial charge in [0.1, 0.15) is 6.10 Å². The summed E-state index contributed by atoms with van der Waals surface area (Å²) in [5.41, 5.74) is 0. The van der Waals surface area contributed by atoms with Gasteiger partial charge in [-0.1, -0.05) is 0 Å². The van der Waals surface area contributed by atoms with Gasteiger partial charge in [-0.15, -0.1) is 0 Å². The van der Waals surface area contributed by atoms with Gasteiger partial charge < -0.3 is 15.3 Å². The minimum absolute atomic E-state index is 0.268. The van der Waals surface area contributed by atoms with E-state index in [9.17, 15) is 28.5 Å². The Balaban J connectivity index is 1.74. The van der Waals surface area contributed by atoms with Crippen molar-refractivity contribution in [3.63, 3.8) is 0 Å². The van der Waals surface area contributed by atoms with Gasteiger partial charge in [0.2, 0.25) is 0 Å². The summed E-state index contributed by atoms with van der Waals surface area (Å²) >= 11 is 0. The molecule has 2 saturated heterocycles. The third-order valence-electron chi connectivity index (χ3n) is 4.31. The molecule has 8 heteroatoms. The minimum Gasteiger partial charge on any atom is -0.389 e. The number of likely N-dealkylation sites (tertiary alicyclic amines) is 2. The van der Waals surface area contributed by atoms with Crippen molar-refractivity contribution in [2.24, 2.45) is 5.92 Å². The van der Waals surface area contributed by atoms with Gasteiger partial charge in [-0.05, 0) is 31.8 Å². The van der Waals surface area contributed by atoms with E-state index in [-0.39, 0.29) is 5.92 Å². The highest BCUT2D eigenvalue weighted by Crippen LogP contribution is 2.24. The predicted molar refractivity (Wildman–Crippen MR) is 69.7 cm³/mol. The van der Waals surface area contributed by atoms with Gasteiger partial charge in [0, 0.05) is 19.6 Å². The fourth-order valence-corrected chi connectivity index (χ4v) is 3.17. The van der Waals surface area contributed by atoms with E-state index in [0.29, 0.717) is 45.6 Å². The van der Waals surface area contributed by atoms with E-state index in [1.807, 2.05) is 4.90 Å². The SMILES string of the molecule is OC1[C@H](O)CN(CC2CCN(CC(F)(F)F)CC2)C[C@@H]1O. The van der Waals surface area contributed by atoms with E-state index in [0.717, 1.165) is 0 Å². The topological polar surface area (TPSA) is 67.2 Å². The van der Waals surface area contributed by atoms with Crippen LogP contribution < -0.4 is 0 Å². The number of nitrogens with zero attached hydrogens (tertiary/aromatic N) is 2. The lowest BCUT2D eigenvalue weighted by Crippen LogP contribution is -2.56. The van der Waals surface area contributed by atoms with Crippen molar-refractivity contribution in [3.05, 3.63) is 0 Å². The molecule has 2 aliphatic heterocycles. The van der Waals surface area contributed by atoms with Gasteiger partial charge in [0.05, 0.1) is 18.8 Å². The number of halogens is 3. The highest BCUT2D eigenvalue weighted by atomic mass is 19.4. The Labute approximate surface area is 122 Å². The Morgan fingerprint density at radius 3 is 1.90 bits per heavy atom. The molecule has 0 aliphatic carbocycles. The first kappa shape index (κ1) is 17.0. The molecule has 0 radical (unpaired) electrons. The molecular formula is C13H23F3N2O3. The average Bonchev–Trinajstić information content (AvgIpc) is 2.36. The summed E-state index contributed by atoms with van der Waals surface area (Å²) in [6.07, 6.45) is -5.85. The molecule has 3 atom stereocenters. The highest BCUT2D eigenvalue weighted by Gasteiger charge is 2.36. The molecule has 21 heavy (non-hydrogen) atoms. The van der Waals surface area contributed by atoms with Crippen LogP contribution in [0.4, 0.5) is 13.2 Å². The molecule has 124 valence electrons. The molecular weight excluding hydrogens is 289 g/mol. The molecule has 0 spiro atoms. The maximum absolute atomic E-state index is 12.3. The van der Waals surface area contributed by atoms with E-state index in [1.54, 1.807) is 0 Å². The third-order valence-corrected chi connectivity index (χ3v) is 4.31. The smallest absolute Gasteiger partial charge is 0.389 e. The number of hydrogen-bond acceptors (Lipinski definition) is 5. The van der Waals surface area contributed by atoms with E-state index in [1.165, 1.54) is 4.90 Å². The van der Waals surface area contributed by atoms with Gasteiger partial charge in [-0.2, -0.15) is 13.2 Å².